The number of hydrogen-bond acceptors (Lipinski definition) is 8. The zero-order valence-corrected chi connectivity index (χ0v) is 63.9. The van der Waals surface area contributed by atoms with Crippen LogP contribution in [-0.2, 0) is 19.2 Å². The standard InChI is InChI=1S/C90H142O8/c1-9-17-25-33-37-45-53-77(49-41-29-21-13-5)87(91)95-81-65-57-73(58-66-81)85(74-59-67-82(68-60-74)96-88(92)78(50-42-30-22-14-6)54-46-38-34-26-18-10-2)86(75-61-69-83(70-62-75)97-89(93)79(51-43-31-23-15-7)55-47-39-35-27-19-11-3)76-63-71-84(72-64-76)98-90(94)80(52-44-32-24-16-8)56-48-40-36-28-20-12-4/h57-72,77-80,85-86H,9-56H2,1-8H3. The molecule has 4 unspecified atom stereocenters. The van der Waals surface area contributed by atoms with Crippen LogP contribution in [-0.4, -0.2) is 23.9 Å². The SMILES string of the molecule is CCCCCCCCC(CCCCCC)C(=O)Oc1ccc(C(c2ccc(OC(=O)C(CCCCCC)CCCCCCCC)cc2)C(c2ccc(OC(=O)C(CCCCCC)CCCCCCCC)cc2)c2ccc(OC(=O)C(CCCCCC)CCCCCCCC)cc2)cc1. The van der Waals surface area contributed by atoms with Crippen LogP contribution in [0.2, 0.25) is 0 Å². The molecule has 0 aliphatic carbocycles. The maximum absolute atomic E-state index is 14.3. The van der Waals surface area contributed by atoms with Gasteiger partial charge in [-0.15, -0.1) is 0 Å². The summed E-state index contributed by atoms with van der Waals surface area (Å²) in [5.74, 6) is 0.315. The first-order valence-corrected chi connectivity index (χ1v) is 41.3. The molecule has 98 heavy (non-hydrogen) atoms. The topological polar surface area (TPSA) is 105 Å². The second kappa shape index (κ2) is 55.4. The van der Waals surface area contributed by atoms with Gasteiger partial charge in [0.15, 0.2) is 0 Å². The zero-order valence-electron chi connectivity index (χ0n) is 63.9. The Kier molecular flexibility index (Phi) is 48.2. The van der Waals surface area contributed by atoms with Crippen molar-refractivity contribution in [3.63, 3.8) is 0 Å². The van der Waals surface area contributed by atoms with Gasteiger partial charge in [0.25, 0.3) is 0 Å². The van der Waals surface area contributed by atoms with Gasteiger partial charge in [0.2, 0.25) is 0 Å². The van der Waals surface area contributed by atoms with Crippen molar-refractivity contribution in [2.45, 2.75) is 375 Å². The second-order valence-corrected chi connectivity index (χ2v) is 29.3. The summed E-state index contributed by atoms with van der Waals surface area (Å²) in [6, 6.07) is 32.4. The average Bonchev–Trinajstić information content (AvgIpc) is 0.780. The zero-order chi connectivity index (χ0) is 70.5. The first kappa shape index (κ1) is 85.2. The maximum atomic E-state index is 14.3. The fourth-order valence-electron chi connectivity index (χ4n) is 14.4. The fraction of sp³-hybridized carbons (Fsp3) is 0.689. The number of unbranched alkanes of at least 4 members (excludes halogenated alkanes) is 32. The normalized spacial score (nSPS) is 13.3. The smallest absolute Gasteiger partial charge is 0.314 e. The Bertz CT molecular complexity index is 2250. The molecule has 0 radical (unpaired) electrons. The number of hydrogen-bond donors (Lipinski definition) is 0. The van der Waals surface area contributed by atoms with E-state index in [-0.39, 0.29) is 59.4 Å². The van der Waals surface area contributed by atoms with Crippen LogP contribution in [0.3, 0.4) is 0 Å². The van der Waals surface area contributed by atoms with E-state index in [2.05, 4.69) is 104 Å². The Balaban J connectivity index is 1.84. The molecule has 0 aromatic heterocycles. The number of esters is 4. The Morgan fingerprint density at radius 3 is 0.490 bits per heavy atom. The molecular weight excluding hydrogens is 1210 g/mol. The number of carbonyl (C=O) groups is 4. The molecule has 4 rings (SSSR count). The molecular formula is C90H142O8. The van der Waals surface area contributed by atoms with Crippen LogP contribution < -0.4 is 18.9 Å². The Morgan fingerprint density at radius 2 is 0.337 bits per heavy atom. The van der Waals surface area contributed by atoms with E-state index in [1.807, 2.05) is 48.5 Å². The van der Waals surface area contributed by atoms with Crippen LogP contribution in [0.5, 0.6) is 23.0 Å². The third-order valence-electron chi connectivity index (χ3n) is 20.7. The van der Waals surface area contributed by atoms with E-state index in [1.165, 1.54) is 128 Å². The molecule has 0 saturated heterocycles. The van der Waals surface area contributed by atoms with Crippen LogP contribution in [0, 0.1) is 23.7 Å². The van der Waals surface area contributed by atoms with Crippen molar-refractivity contribution < 1.29 is 38.1 Å². The lowest BCUT2D eigenvalue weighted by molar-refractivity contribution is -0.140. The summed E-state index contributed by atoms with van der Waals surface area (Å²) in [5, 5.41) is 0. The summed E-state index contributed by atoms with van der Waals surface area (Å²) in [7, 11) is 0. The van der Waals surface area contributed by atoms with Crippen molar-refractivity contribution in [1.29, 1.82) is 0 Å². The largest absolute Gasteiger partial charge is 0.426 e. The monoisotopic (exact) mass is 1350 g/mol. The number of rotatable bonds is 61. The van der Waals surface area contributed by atoms with E-state index in [9.17, 15) is 19.2 Å². The van der Waals surface area contributed by atoms with E-state index < -0.39 is 0 Å². The van der Waals surface area contributed by atoms with Gasteiger partial charge in [-0.2, -0.15) is 0 Å². The molecule has 0 bridgehead atoms. The summed E-state index contributed by atoms with van der Waals surface area (Å²) in [4.78, 5) is 57.0. The van der Waals surface area contributed by atoms with Gasteiger partial charge in [0.05, 0.1) is 23.7 Å². The first-order chi connectivity index (χ1) is 48.0. The molecule has 8 nitrogen and oxygen atoms in total. The molecule has 0 fully saturated rings. The van der Waals surface area contributed by atoms with Crippen LogP contribution in [0.4, 0.5) is 0 Å². The fourth-order valence-corrected chi connectivity index (χ4v) is 14.4. The predicted molar refractivity (Wildman–Crippen MR) is 413 cm³/mol. The number of carbonyl (C=O) groups excluding carboxylic acids is 4. The van der Waals surface area contributed by atoms with Gasteiger partial charge in [-0.25, -0.2) is 0 Å². The highest BCUT2D eigenvalue weighted by Crippen LogP contribution is 2.45. The quantitative estimate of drug-likeness (QED) is 0.0245. The van der Waals surface area contributed by atoms with Crippen molar-refractivity contribution >= 4 is 23.9 Å². The van der Waals surface area contributed by atoms with Crippen LogP contribution >= 0.6 is 0 Å². The molecule has 0 spiro atoms. The first-order valence-electron chi connectivity index (χ1n) is 41.3. The molecule has 0 amide bonds. The second-order valence-electron chi connectivity index (χ2n) is 29.3. The molecule has 0 saturated carbocycles. The molecule has 0 heterocycles. The van der Waals surface area contributed by atoms with Crippen LogP contribution in [0.1, 0.15) is 398 Å². The van der Waals surface area contributed by atoms with Gasteiger partial charge in [-0.3, -0.25) is 19.2 Å². The number of benzene rings is 4. The van der Waals surface area contributed by atoms with Crippen molar-refractivity contribution in [2.24, 2.45) is 23.7 Å². The molecule has 0 aliphatic rings. The minimum atomic E-state index is -0.320. The van der Waals surface area contributed by atoms with E-state index in [1.54, 1.807) is 0 Å². The van der Waals surface area contributed by atoms with Crippen molar-refractivity contribution in [3.05, 3.63) is 119 Å². The summed E-state index contributed by atoms with van der Waals surface area (Å²) in [6.45, 7) is 17.9. The van der Waals surface area contributed by atoms with E-state index >= 15 is 0 Å². The molecule has 4 aromatic carbocycles. The van der Waals surface area contributed by atoms with Crippen molar-refractivity contribution in [2.75, 3.05) is 0 Å². The summed E-state index contributed by atoms with van der Waals surface area (Å²) < 4.78 is 25.4. The highest BCUT2D eigenvalue weighted by atomic mass is 16.5. The van der Waals surface area contributed by atoms with Crippen molar-refractivity contribution in [1.82, 2.24) is 0 Å². The van der Waals surface area contributed by atoms with Gasteiger partial charge < -0.3 is 18.9 Å². The van der Waals surface area contributed by atoms with E-state index in [0.29, 0.717) is 23.0 Å². The summed E-state index contributed by atoms with van der Waals surface area (Å²) >= 11 is 0. The van der Waals surface area contributed by atoms with Crippen LogP contribution in [0.25, 0.3) is 0 Å². The Hall–Kier alpha value is -5.24. The summed E-state index contributed by atoms with van der Waals surface area (Å²) in [5.41, 5.74) is 4.00. The minimum absolute atomic E-state index is 0.144. The molecule has 8 heteroatoms. The lowest BCUT2D eigenvalue weighted by Crippen LogP contribution is -2.21. The summed E-state index contributed by atoms with van der Waals surface area (Å²) in [6.07, 6.45) is 52.9. The van der Waals surface area contributed by atoms with Gasteiger partial charge in [0, 0.05) is 11.8 Å². The van der Waals surface area contributed by atoms with Gasteiger partial charge in [-0.05, 0) is 122 Å². The van der Waals surface area contributed by atoms with Gasteiger partial charge in [0.1, 0.15) is 23.0 Å². The minimum Gasteiger partial charge on any atom is -0.426 e. The third-order valence-corrected chi connectivity index (χ3v) is 20.7. The Labute approximate surface area is 600 Å². The highest BCUT2D eigenvalue weighted by Gasteiger charge is 2.31. The maximum Gasteiger partial charge on any atom is 0.314 e. The van der Waals surface area contributed by atoms with Crippen molar-refractivity contribution in [3.8, 4) is 23.0 Å². The van der Waals surface area contributed by atoms with Gasteiger partial charge >= 0.3 is 23.9 Å². The lowest BCUT2D eigenvalue weighted by atomic mass is 9.73. The third kappa shape index (κ3) is 35.9. The molecule has 0 aliphatic heterocycles. The predicted octanol–water partition coefficient (Wildman–Crippen LogP) is 27.6. The highest BCUT2D eigenvalue weighted by molar-refractivity contribution is 5.77. The van der Waals surface area contributed by atoms with E-state index in [0.717, 1.165) is 202 Å². The molecule has 0 N–H and O–H groups in total. The molecule has 4 atom stereocenters. The lowest BCUT2D eigenvalue weighted by Gasteiger charge is -2.30. The number of ether oxygens (including phenoxy) is 4. The van der Waals surface area contributed by atoms with Crippen LogP contribution in [0.15, 0.2) is 97.1 Å². The van der Waals surface area contributed by atoms with Gasteiger partial charge in [-0.1, -0.05) is 361 Å². The molecule has 4 aromatic rings. The molecule has 550 valence electrons. The van der Waals surface area contributed by atoms with E-state index in [4.69, 9.17) is 18.9 Å². The average molecular weight is 1350 g/mol. The Morgan fingerprint density at radius 1 is 0.204 bits per heavy atom.